The maximum Gasteiger partial charge on any atom is 0.163 e. The van der Waals surface area contributed by atoms with Gasteiger partial charge in [-0.3, -0.25) is 13.0 Å². The van der Waals surface area contributed by atoms with Gasteiger partial charge in [0.05, 0.1) is 53.9 Å². The number of rotatable bonds is 1. The van der Waals surface area contributed by atoms with Crippen LogP contribution in [0.5, 0.6) is 11.5 Å². The van der Waals surface area contributed by atoms with Gasteiger partial charge in [-0.2, -0.15) is 0 Å². The topological polar surface area (TPSA) is 121 Å². The first-order valence-corrected chi connectivity index (χ1v) is 25.4. The van der Waals surface area contributed by atoms with Crippen LogP contribution in [-0.4, -0.2) is 43.9 Å². The number of aromatic hydroxyl groups is 2. The van der Waals surface area contributed by atoms with E-state index in [0.29, 0.717) is 23.1 Å². The van der Waals surface area contributed by atoms with Crippen LogP contribution in [0, 0.1) is 0 Å². The summed E-state index contributed by atoms with van der Waals surface area (Å²) in [6, 6.07) is 8.83. The van der Waals surface area contributed by atoms with Crippen LogP contribution in [0.3, 0.4) is 0 Å². The quantitative estimate of drug-likeness (QED) is 0.112. The zero-order chi connectivity index (χ0) is 38.7. The third kappa shape index (κ3) is 2.93. The number of nitrogens with one attached hydrogen (secondary N) is 1. The molecule has 8 heterocycles. The van der Waals surface area contributed by atoms with Crippen LogP contribution in [0.4, 0.5) is 0 Å². The molecule has 3 unspecified atom stereocenters. The predicted molar refractivity (Wildman–Crippen MR) is 247 cm³/mol. The number of aromatic nitrogens is 4. The van der Waals surface area contributed by atoms with Crippen LogP contribution in [0.15, 0.2) is 29.2 Å². The molecule has 0 saturated heterocycles. The molecule has 6 aromatic heterocycles. The van der Waals surface area contributed by atoms with Gasteiger partial charge in [-0.1, -0.05) is 0 Å². The molecular formula is C48H26N4O4S4. The van der Waals surface area contributed by atoms with E-state index in [-0.39, 0.29) is 17.4 Å². The third-order valence-electron chi connectivity index (χ3n) is 15.7. The lowest BCUT2D eigenvalue weighted by molar-refractivity contribution is 0.478. The Bertz CT molecular complexity index is 4470. The maximum atomic E-state index is 14.3. The summed E-state index contributed by atoms with van der Waals surface area (Å²) in [5, 5.41) is 41.3. The van der Waals surface area contributed by atoms with Crippen molar-refractivity contribution in [3.8, 4) is 17.3 Å². The molecule has 2 aliphatic heterocycles. The molecular weight excluding hydrogens is 825 g/mol. The standard InChI is InChI=1S/C48H26N4O4S4/c53-23-9-19-30-37-29-20(10-25-33-27-16(11-60(25)56)5-2-6-17(27)44-40(36(29)33)38(30)45(23)58-44)49-42(37)48(50-19)52-22-7-14-3-1-4-15-8-24-32-34(26(14)15)31(22)41-35-28-18(43(54)46(57-24)39(32)35)12-59(55)13-21(28)51-47(41)52/h7-10,16,49,53-54H,1-6,11-13H2. The summed E-state index contributed by atoms with van der Waals surface area (Å²) in [5.74, 6) is 2.78. The Hall–Kier alpha value is -5.40. The van der Waals surface area contributed by atoms with Gasteiger partial charge in [-0.05, 0) is 90.3 Å². The smallest absolute Gasteiger partial charge is 0.163 e. The Morgan fingerprint density at radius 1 is 0.700 bits per heavy atom. The monoisotopic (exact) mass is 850 g/mol. The second-order valence-corrected chi connectivity index (χ2v) is 23.3. The van der Waals surface area contributed by atoms with Crippen LogP contribution in [0.1, 0.15) is 58.7 Å². The second kappa shape index (κ2) is 9.25. The van der Waals surface area contributed by atoms with Gasteiger partial charge in [-0.25, -0.2) is 9.97 Å². The molecule has 60 heavy (non-hydrogen) atoms. The molecule has 0 radical (unpaired) electrons. The average Bonchev–Trinajstić information content (AvgIpc) is 4.02. The van der Waals surface area contributed by atoms with Crippen molar-refractivity contribution >= 4 is 172 Å². The zero-order valence-corrected chi connectivity index (χ0v) is 34.7. The molecule has 8 nitrogen and oxygen atoms in total. The number of hydrogen-bond donors (Lipinski definition) is 3. The molecule has 3 N–H and O–H groups in total. The minimum atomic E-state index is -1.23. The summed E-state index contributed by atoms with van der Waals surface area (Å²) in [4.78, 5) is 16.0. The first kappa shape index (κ1) is 30.6. The van der Waals surface area contributed by atoms with Gasteiger partial charge < -0.3 is 15.2 Å². The maximum absolute atomic E-state index is 14.3. The van der Waals surface area contributed by atoms with Crippen molar-refractivity contribution in [2.45, 2.75) is 60.8 Å². The van der Waals surface area contributed by atoms with Crippen LogP contribution >= 0.6 is 22.7 Å². The van der Waals surface area contributed by atoms with Gasteiger partial charge in [0.1, 0.15) is 17.1 Å². The molecule has 8 aromatic carbocycles. The lowest BCUT2D eigenvalue weighted by atomic mass is 9.78. The molecule has 0 saturated carbocycles. The molecule has 286 valence electrons. The molecule has 0 fully saturated rings. The van der Waals surface area contributed by atoms with Crippen molar-refractivity contribution in [2.75, 3.05) is 5.75 Å². The number of pyridine rings is 2. The van der Waals surface area contributed by atoms with Gasteiger partial charge >= 0.3 is 0 Å². The predicted octanol–water partition coefficient (Wildman–Crippen LogP) is 11.4. The Labute approximate surface area is 349 Å². The summed E-state index contributed by atoms with van der Waals surface area (Å²) < 4.78 is 34.5. The molecule has 0 amide bonds. The Balaban J connectivity index is 1.12. The first-order valence-electron chi connectivity index (χ1n) is 20.9. The summed E-state index contributed by atoms with van der Waals surface area (Å²) in [5.41, 5.74) is 11.4. The van der Waals surface area contributed by atoms with E-state index in [2.05, 4.69) is 27.8 Å². The molecule has 0 bridgehead atoms. The number of phenolic OH excluding ortho intramolecular Hbond substituents is 2. The van der Waals surface area contributed by atoms with Crippen molar-refractivity contribution in [2.24, 2.45) is 0 Å². The lowest BCUT2D eigenvalue weighted by Crippen LogP contribution is -2.21. The first-order chi connectivity index (χ1) is 29.4. The van der Waals surface area contributed by atoms with Gasteiger partial charge in [0.15, 0.2) is 5.82 Å². The van der Waals surface area contributed by atoms with Gasteiger partial charge in [0.2, 0.25) is 0 Å². The van der Waals surface area contributed by atoms with Crippen molar-refractivity contribution in [1.29, 1.82) is 0 Å². The summed E-state index contributed by atoms with van der Waals surface area (Å²) in [7, 11) is -2.36. The Morgan fingerprint density at radius 2 is 1.53 bits per heavy atom. The molecule has 4 aliphatic rings. The highest BCUT2D eigenvalue weighted by atomic mass is 32.2. The van der Waals surface area contributed by atoms with Crippen LogP contribution in [0.2, 0.25) is 0 Å². The molecule has 12 heteroatoms. The fourth-order valence-corrected chi connectivity index (χ4v) is 19.1. The van der Waals surface area contributed by atoms with Crippen LogP contribution in [-0.2, 0) is 52.4 Å². The van der Waals surface area contributed by atoms with E-state index in [1.807, 2.05) is 6.07 Å². The molecule has 18 rings (SSSR count). The molecule has 3 atom stereocenters. The highest BCUT2D eigenvalue weighted by molar-refractivity contribution is 7.85. The highest BCUT2D eigenvalue weighted by Gasteiger charge is 2.40. The number of phenols is 2. The minimum Gasteiger partial charge on any atom is -0.506 e. The van der Waals surface area contributed by atoms with Crippen LogP contribution < -0.4 is 0 Å². The summed E-state index contributed by atoms with van der Waals surface area (Å²) in [6.45, 7) is 0. The number of fused-ring (bicyclic) bond motifs is 1. The van der Waals surface area contributed by atoms with Crippen LogP contribution in [0.25, 0.3) is 133 Å². The number of thiophene rings is 2. The zero-order valence-electron chi connectivity index (χ0n) is 31.4. The Kier molecular flexibility index (Phi) is 4.72. The van der Waals surface area contributed by atoms with E-state index in [9.17, 15) is 18.6 Å². The van der Waals surface area contributed by atoms with E-state index in [1.54, 1.807) is 22.7 Å². The number of nitrogens with zero attached hydrogens (tertiary/aromatic N) is 3. The number of aromatic amines is 1. The summed E-state index contributed by atoms with van der Waals surface area (Å²) in [6.07, 6.45) is 6.19. The summed E-state index contributed by atoms with van der Waals surface area (Å²) >= 11 is 3.40. The average molecular weight is 851 g/mol. The molecule has 0 spiro atoms. The normalized spacial score (nSPS) is 20.8. The van der Waals surface area contributed by atoms with E-state index < -0.39 is 21.6 Å². The number of H-pyrrole nitrogens is 1. The fraction of sp³-hybridized carbons (Fsp3) is 0.208. The molecule has 2 aliphatic carbocycles. The Morgan fingerprint density at radius 3 is 2.45 bits per heavy atom. The van der Waals surface area contributed by atoms with E-state index in [1.165, 1.54) is 69.4 Å². The molecule has 14 aromatic rings. The number of aryl methyl sites for hydroxylation is 3. The van der Waals surface area contributed by atoms with Gasteiger partial charge in [0.25, 0.3) is 0 Å². The van der Waals surface area contributed by atoms with Gasteiger partial charge in [0, 0.05) is 123 Å². The SMILES string of the molecule is O=S1Cc2nc3c4c5c2c(c(O)c2sc6cc7c8c(cc(c4c8c6c25)n3-c2nc3cc(O)c4sc5c6c8c9c(cc%10[nH]c2c2c3c4c5c9c%102)S(=O)CC8CCC6)CCC7)C1. The van der Waals surface area contributed by atoms with Crippen molar-refractivity contribution in [3.05, 3.63) is 57.8 Å². The van der Waals surface area contributed by atoms with E-state index >= 15 is 0 Å². The fourth-order valence-electron chi connectivity index (χ4n) is 13.8. The van der Waals surface area contributed by atoms with Crippen molar-refractivity contribution < 1.29 is 18.6 Å². The lowest BCUT2D eigenvalue weighted by Gasteiger charge is -2.32. The second-order valence-electron chi connectivity index (χ2n) is 18.3. The van der Waals surface area contributed by atoms with Crippen molar-refractivity contribution in [3.63, 3.8) is 0 Å². The number of benzene rings is 8. The van der Waals surface area contributed by atoms with Crippen molar-refractivity contribution in [1.82, 2.24) is 19.5 Å². The number of hydrogen-bond acceptors (Lipinski definition) is 8. The van der Waals surface area contributed by atoms with E-state index in [4.69, 9.17) is 9.97 Å². The third-order valence-corrected chi connectivity index (χ3v) is 20.8. The van der Waals surface area contributed by atoms with E-state index in [0.717, 1.165) is 135 Å². The largest absolute Gasteiger partial charge is 0.506 e. The van der Waals surface area contributed by atoms with Gasteiger partial charge in [-0.15, -0.1) is 22.7 Å². The highest BCUT2D eigenvalue weighted by Crippen LogP contribution is 2.61. The minimum absolute atomic E-state index is 0.246.